The van der Waals surface area contributed by atoms with Crippen LogP contribution < -0.4 is 5.32 Å². The predicted molar refractivity (Wildman–Crippen MR) is 105 cm³/mol. The molecule has 0 atom stereocenters. The molecule has 0 aromatic rings. The number of halogens is 15. The second-order valence-corrected chi connectivity index (χ2v) is 8.86. The molecule has 0 unspecified atom stereocenters. The van der Waals surface area contributed by atoms with Crippen LogP contribution in [-0.2, 0) is 4.79 Å². The number of alkyl halides is 15. The fourth-order valence-electron chi connectivity index (χ4n) is 3.03. The summed E-state index contributed by atoms with van der Waals surface area (Å²) >= 11 is 3.52. The minimum absolute atomic E-state index is 0.148. The Labute approximate surface area is 208 Å². The van der Waals surface area contributed by atoms with E-state index in [9.17, 15) is 66.3 Å². The van der Waals surface area contributed by atoms with Gasteiger partial charge < -0.3 is 5.32 Å². The van der Waals surface area contributed by atoms with Crippen molar-refractivity contribution in [3.63, 3.8) is 0 Å². The molecule has 0 aromatic carbocycles. The Balaban J connectivity index is 5.27. The molecule has 0 heterocycles. The van der Waals surface area contributed by atoms with Gasteiger partial charge in [-0.3, -0.25) is 4.79 Å². The maximum Gasteiger partial charge on any atom is 0.393 e. The van der Waals surface area contributed by atoms with Gasteiger partial charge in [-0.1, -0.05) is 64.7 Å². The standard InChI is InChI=1S/C20H26ClF14NO/c1-2-3-4-5-6-7-8-9-10-11-12-36-13(37)14(22,23)15(24,25)16(26,27)17(28,29)18(30,31)19(32,33)20(21,34)35/h2-12H2,1H3,(H,36,37). The second-order valence-electron chi connectivity index (χ2n) is 8.38. The maximum absolute atomic E-state index is 13.8. The fourth-order valence-corrected chi connectivity index (χ4v) is 3.15. The zero-order valence-corrected chi connectivity index (χ0v) is 20.1. The first-order chi connectivity index (χ1) is 16.5. The number of carbonyl (C=O) groups is 1. The number of nitrogens with one attached hydrogen (secondary N) is 1. The van der Waals surface area contributed by atoms with Crippen molar-refractivity contribution in [2.24, 2.45) is 0 Å². The number of hydrogen-bond acceptors (Lipinski definition) is 1. The Morgan fingerprint density at radius 2 is 0.865 bits per heavy atom. The minimum Gasteiger partial charge on any atom is -0.351 e. The van der Waals surface area contributed by atoms with Crippen molar-refractivity contribution in [2.45, 2.75) is 112 Å². The van der Waals surface area contributed by atoms with Crippen LogP contribution in [0.4, 0.5) is 61.5 Å². The number of amides is 1. The molecule has 0 aliphatic carbocycles. The molecule has 37 heavy (non-hydrogen) atoms. The van der Waals surface area contributed by atoms with Crippen LogP contribution in [0.25, 0.3) is 0 Å². The first kappa shape index (κ1) is 35.8. The third-order valence-corrected chi connectivity index (χ3v) is 5.67. The molecule has 0 saturated heterocycles. The lowest BCUT2D eigenvalue weighted by molar-refractivity contribution is -0.431. The lowest BCUT2D eigenvalue weighted by atomic mass is 9.91. The summed E-state index contributed by atoms with van der Waals surface area (Å²) in [6.45, 7) is 1.19. The molecule has 1 amide bonds. The highest BCUT2D eigenvalue weighted by Crippen LogP contribution is 2.62. The number of unbranched alkanes of at least 4 members (excludes halogenated alkanes) is 9. The molecule has 222 valence electrons. The highest BCUT2D eigenvalue weighted by Gasteiger charge is 2.93. The van der Waals surface area contributed by atoms with Crippen LogP contribution in [0.5, 0.6) is 0 Å². The number of rotatable bonds is 18. The van der Waals surface area contributed by atoms with E-state index < -0.39 is 53.4 Å². The Morgan fingerprint density at radius 1 is 0.541 bits per heavy atom. The molecule has 0 radical (unpaired) electrons. The number of hydrogen-bond donors (Lipinski definition) is 1. The second kappa shape index (κ2) is 12.8. The van der Waals surface area contributed by atoms with Gasteiger partial charge in [-0.15, -0.1) is 0 Å². The van der Waals surface area contributed by atoms with Gasteiger partial charge in [0.25, 0.3) is 5.91 Å². The molecule has 0 fully saturated rings. The molecule has 2 nitrogen and oxygen atoms in total. The lowest BCUT2D eigenvalue weighted by Gasteiger charge is -2.41. The van der Waals surface area contributed by atoms with Crippen LogP contribution in [0.1, 0.15) is 71.1 Å². The van der Waals surface area contributed by atoms with Crippen molar-refractivity contribution < 1.29 is 66.3 Å². The largest absolute Gasteiger partial charge is 0.393 e. The minimum atomic E-state index is -8.24. The molecule has 1 N–H and O–H groups in total. The van der Waals surface area contributed by atoms with E-state index in [1.165, 1.54) is 0 Å². The van der Waals surface area contributed by atoms with Gasteiger partial charge in [0.2, 0.25) is 0 Å². The van der Waals surface area contributed by atoms with Crippen LogP contribution in [-0.4, -0.2) is 53.4 Å². The highest BCUT2D eigenvalue weighted by molar-refractivity contribution is 6.22. The molecule has 0 rings (SSSR count). The van der Waals surface area contributed by atoms with Crippen molar-refractivity contribution in [3.05, 3.63) is 0 Å². The fraction of sp³-hybridized carbons (Fsp3) is 0.950. The van der Waals surface area contributed by atoms with E-state index >= 15 is 0 Å². The zero-order chi connectivity index (χ0) is 29.6. The average Bonchev–Trinajstić information content (AvgIpc) is 2.75. The first-order valence-corrected chi connectivity index (χ1v) is 11.5. The van der Waals surface area contributed by atoms with E-state index in [2.05, 4.69) is 11.6 Å². The average molecular weight is 598 g/mol. The van der Waals surface area contributed by atoms with Crippen LogP contribution in [0.15, 0.2) is 0 Å². The van der Waals surface area contributed by atoms with E-state index in [0.717, 1.165) is 43.8 Å². The van der Waals surface area contributed by atoms with Crippen LogP contribution >= 0.6 is 11.6 Å². The summed E-state index contributed by atoms with van der Waals surface area (Å²) in [6, 6.07) is 0. The SMILES string of the molecule is CCCCCCCCCCCCNC(=O)C(F)(F)C(F)(F)C(F)(F)C(F)(F)C(F)(F)C(F)(F)C(F)(F)Cl. The van der Waals surface area contributed by atoms with Crippen LogP contribution in [0.2, 0.25) is 0 Å². The third-order valence-electron chi connectivity index (χ3n) is 5.43. The maximum atomic E-state index is 13.8. The van der Waals surface area contributed by atoms with Gasteiger partial charge in [-0.05, 0) is 18.0 Å². The molecule has 0 bridgehead atoms. The molecule has 0 aromatic heterocycles. The van der Waals surface area contributed by atoms with Gasteiger partial charge in [-0.25, -0.2) is 0 Å². The summed E-state index contributed by atoms with van der Waals surface area (Å²) in [6.07, 6.45) is 7.21. The quantitative estimate of drug-likeness (QED) is 0.0956. The van der Waals surface area contributed by atoms with E-state index in [0.29, 0.717) is 12.8 Å². The molecule has 0 saturated carbocycles. The zero-order valence-electron chi connectivity index (χ0n) is 19.4. The van der Waals surface area contributed by atoms with E-state index in [4.69, 9.17) is 0 Å². The van der Waals surface area contributed by atoms with Gasteiger partial charge >= 0.3 is 40.9 Å². The van der Waals surface area contributed by atoms with Gasteiger partial charge in [0.15, 0.2) is 0 Å². The Morgan fingerprint density at radius 3 is 1.24 bits per heavy atom. The van der Waals surface area contributed by atoms with Crippen molar-refractivity contribution in [1.82, 2.24) is 5.32 Å². The molecule has 0 spiro atoms. The summed E-state index contributed by atoms with van der Waals surface area (Å²) in [5.41, 5.74) is 0. The van der Waals surface area contributed by atoms with E-state index in [1.807, 2.05) is 6.92 Å². The van der Waals surface area contributed by atoms with Gasteiger partial charge in [0.1, 0.15) is 0 Å². The van der Waals surface area contributed by atoms with Crippen LogP contribution in [0.3, 0.4) is 0 Å². The normalized spacial score (nSPS) is 14.7. The van der Waals surface area contributed by atoms with E-state index in [1.54, 1.807) is 0 Å². The first-order valence-electron chi connectivity index (χ1n) is 11.1. The molecule has 17 heteroatoms. The smallest absolute Gasteiger partial charge is 0.351 e. The Hall–Kier alpha value is -1.22. The topological polar surface area (TPSA) is 29.1 Å². The van der Waals surface area contributed by atoms with Crippen molar-refractivity contribution >= 4 is 17.5 Å². The summed E-state index contributed by atoms with van der Waals surface area (Å²) in [7, 11) is 0. The highest BCUT2D eigenvalue weighted by atomic mass is 35.5. The summed E-state index contributed by atoms with van der Waals surface area (Å²) in [5.74, 6) is -50.0. The van der Waals surface area contributed by atoms with E-state index in [-0.39, 0.29) is 12.8 Å². The molecule has 0 aliphatic rings. The lowest BCUT2D eigenvalue weighted by Crippen LogP contribution is -2.73. The van der Waals surface area contributed by atoms with Gasteiger partial charge in [0, 0.05) is 6.54 Å². The summed E-state index contributed by atoms with van der Waals surface area (Å²) in [4.78, 5) is 11.4. The monoisotopic (exact) mass is 597 g/mol. The third kappa shape index (κ3) is 7.25. The Kier molecular flexibility index (Phi) is 12.3. The summed E-state index contributed by atoms with van der Waals surface area (Å²) < 4.78 is 187. The van der Waals surface area contributed by atoms with Crippen molar-refractivity contribution in [3.8, 4) is 0 Å². The molecule has 0 aliphatic heterocycles. The molecular formula is C20H26ClF14NO. The summed E-state index contributed by atoms with van der Waals surface area (Å²) in [5, 5.41) is -5.65. The van der Waals surface area contributed by atoms with Gasteiger partial charge in [0.05, 0.1) is 0 Å². The van der Waals surface area contributed by atoms with Crippen molar-refractivity contribution in [2.75, 3.05) is 6.54 Å². The molecular weight excluding hydrogens is 572 g/mol. The number of carbonyl (C=O) groups excluding carboxylic acids is 1. The van der Waals surface area contributed by atoms with Crippen molar-refractivity contribution in [1.29, 1.82) is 0 Å². The predicted octanol–water partition coefficient (Wildman–Crippen LogP) is 8.67. The van der Waals surface area contributed by atoms with Crippen LogP contribution in [0, 0.1) is 0 Å². The Bertz CT molecular complexity index is 724. The van der Waals surface area contributed by atoms with Gasteiger partial charge in [-0.2, -0.15) is 61.5 Å².